The van der Waals surface area contributed by atoms with E-state index in [0.29, 0.717) is 6.04 Å². The van der Waals surface area contributed by atoms with Gasteiger partial charge in [-0.15, -0.1) is 0 Å². The molecule has 19 heavy (non-hydrogen) atoms. The molecule has 3 heteroatoms. The van der Waals surface area contributed by atoms with Crippen molar-refractivity contribution in [2.45, 2.75) is 38.1 Å². The third kappa shape index (κ3) is 2.60. The van der Waals surface area contributed by atoms with Gasteiger partial charge in [0.05, 0.1) is 0 Å². The van der Waals surface area contributed by atoms with Crippen LogP contribution < -0.4 is 5.32 Å². The third-order valence-electron chi connectivity index (χ3n) is 3.87. The van der Waals surface area contributed by atoms with E-state index in [1.165, 1.54) is 19.3 Å². The number of amides is 1. The van der Waals surface area contributed by atoms with Gasteiger partial charge in [-0.05, 0) is 30.4 Å². The van der Waals surface area contributed by atoms with E-state index in [4.69, 9.17) is 0 Å². The van der Waals surface area contributed by atoms with Gasteiger partial charge >= 0.3 is 0 Å². The molecule has 0 radical (unpaired) electrons. The van der Waals surface area contributed by atoms with Crippen LogP contribution in [0.25, 0.3) is 10.8 Å². The van der Waals surface area contributed by atoms with Crippen molar-refractivity contribution in [3.8, 4) is 0 Å². The van der Waals surface area contributed by atoms with Crippen molar-refractivity contribution in [3.63, 3.8) is 0 Å². The first-order valence-corrected chi connectivity index (χ1v) is 6.98. The Morgan fingerprint density at radius 3 is 2.84 bits per heavy atom. The van der Waals surface area contributed by atoms with E-state index in [1.807, 2.05) is 24.3 Å². The van der Waals surface area contributed by atoms with E-state index in [2.05, 4.69) is 10.3 Å². The molecule has 2 aromatic rings. The topological polar surface area (TPSA) is 42.0 Å². The number of hydrogen-bond acceptors (Lipinski definition) is 2. The second-order valence-electron chi connectivity index (χ2n) is 5.21. The zero-order valence-corrected chi connectivity index (χ0v) is 10.9. The third-order valence-corrected chi connectivity index (χ3v) is 3.87. The lowest BCUT2D eigenvalue weighted by atomic mass is 9.95. The Morgan fingerprint density at radius 2 is 2.00 bits per heavy atom. The van der Waals surface area contributed by atoms with Crippen LogP contribution in [0.2, 0.25) is 0 Å². The number of benzene rings is 1. The molecule has 1 heterocycles. The van der Waals surface area contributed by atoms with E-state index < -0.39 is 0 Å². The molecule has 1 aliphatic rings. The van der Waals surface area contributed by atoms with Crippen LogP contribution in [-0.2, 0) is 0 Å². The fourth-order valence-electron chi connectivity index (χ4n) is 2.82. The molecule has 3 rings (SSSR count). The van der Waals surface area contributed by atoms with Crippen molar-refractivity contribution in [3.05, 3.63) is 42.2 Å². The van der Waals surface area contributed by atoms with Gasteiger partial charge in [0.1, 0.15) is 0 Å². The first kappa shape index (κ1) is 12.2. The molecule has 0 bridgehead atoms. The molecule has 0 spiro atoms. The van der Waals surface area contributed by atoms with Crippen LogP contribution in [0.15, 0.2) is 36.7 Å². The van der Waals surface area contributed by atoms with Gasteiger partial charge in [-0.2, -0.15) is 0 Å². The van der Waals surface area contributed by atoms with Crippen molar-refractivity contribution in [2.75, 3.05) is 0 Å². The minimum Gasteiger partial charge on any atom is -0.349 e. The summed E-state index contributed by atoms with van der Waals surface area (Å²) in [5.74, 6) is 0.0329. The number of pyridine rings is 1. The highest BCUT2D eigenvalue weighted by atomic mass is 16.1. The molecule has 1 saturated carbocycles. The van der Waals surface area contributed by atoms with E-state index in [-0.39, 0.29) is 5.91 Å². The maximum atomic E-state index is 12.4. The van der Waals surface area contributed by atoms with E-state index in [1.54, 1.807) is 12.4 Å². The summed E-state index contributed by atoms with van der Waals surface area (Å²) in [6.07, 6.45) is 9.48. The molecule has 98 valence electrons. The van der Waals surface area contributed by atoms with Gasteiger partial charge in [0, 0.05) is 29.4 Å². The molecule has 1 aromatic heterocycles. The first-order chi connectivity index (χ1) is 9.34. The van der Waals surface area contributed by atoms with Crippen molar-refractivity contribution >= 4 is 16.7 Å². The van der Waals surface area contributed by atoms with Gasteiger partial charge in [0.2, 0.25) is 0 Å². The lowest BCUT2D eigenvalue weighted by molar-refractivity contribution is 0.0929. The predicted molar refractivity (Wildman–Crippen MR) is 76.1 cm³/mol. The highest BCUT2D eigenvalue weighted by Gasteiger charge is 2.17. The summed E-state index contributed by atoms with van der Waals surface area (Å²) < 4.78 is 0. The van der Waals surface area contributed by atoms with Gasteiger partial charge in [-0.25, -0.2) is 0 Å². The maximum Gasteiger partial charge on any atom is 0.252 e. The normalized spacial score (nSPS) is 16.4. The molecule has 0 atom stereocenters. The average molecular weight is 254 g/mol. The number of fused-ring (bicyclic) bond motifs is 1. The van der Waals surface area contributed by atoms with Crippen LogP contribution >= 0.6 is 0 Å². The Labute approximate surface area is 113 Å². The van der Waals surface area contributed by atoms with Crippen molar-refractivity contribution in [1.29, 1.82) is 0 Å². The molecule has 0 unspecified atom stereocenters. The summed E-state index contributed by atoms with van der Waals surface area (Å²) in [5.41, 5.74) is 0.733. The molecular formula is C16H18N2O. The summed E-state index contributed by atoms with van der Waals surface area (Å²) in [5, 5.41) is 5.15. The SMILES string of the molecule is O=C(NC1CCCCC1)c1cccc2ccncc12. The summed E-state index contributed by atoms with van der Waals surface area (Å²) in [6.45, 7) is 0. The summed E-state index contributed by atoms with van der Waals surface area (Å²) >= 11 is 0. The highest BCUT2D eigenvalue weighted by molar-refractivity contribution is 6.06. The molecule has 1 N–H and O–H groups in total. The fraction of sp³-hybridized carbons (Fsp3) is 0.375. The van der Waals surface area contributed by atoms with Gasteiger partial charge in [-0.3, -0.25) is 9.78 Å². The molecule has 0 aliphatic heterocycles. The number of rotatable bonds is 2. The van der Waals surface area contributed by atoms with E-state index in [0.717, 1.165) is 29.2 Å². The number of carbonyl (C=O) groups excluding carboxylic acids is 1. The Morgan fingerprint density at radius 1 is 1.16 bits per heavy atom. The summed E-state index contributed by atoms with van der Waals surface area (Å²) in [7, 11) is 0. The number of carbonyl (C=O) groups is 1. The molecule has 1 aliphatic carbocycles. The summed E-state index contributed by atoms with van der Waals surface area (Å²) in [6, 6.07) is 8.09. The Bertz CT molecular complexity index is 583. The second-order valence-corrected chi connectivity index (χ2v) is 5.21. The monoisotopic (exact) mass is 254 g/mol. The molecule has 1 aromatic carbocycles. The van der Waals surface area contributed by atoms with Crippen LogP contribution in [0, 0.1) is 0 Å². The van der Waals surface area contributed by atoms with Gasteiger partial charge < -0.3 is 5.32 Å². The number of aromatic nitrogens is 1. The Hall–Kier alpha value is -1.90. The minimum absolute atomic E-state index is 0.0329. The zero-order valence-electron chi connectivity index (χ0n) is 10.9. The van der Waals surface area contributed by atoms with Crippen molar-refractivity contribution in [2.24, 2.45) is 0 Å². The smallest absolute Gasteiger partial charge is 0.252 e. The maximum absolute atomic E-state index is 12.4. The molecule has 1 fully saturated rings. The molecule has 1 amide bonds. The number of nitrogens with zero attached hydrogens (tertiary/aromatic N) is 1. The van der Waals surface area contributed by atoms with Crippen LogP contribution in [0.1, 0.15) is 42.5 Å². The lowest BCUT2D eigenvalue weighted by Crippen LogP contribution is -2.36. The number of nitrogens with one attached hydrogen (secondary N) is 1. The highest BCUT2D eigenvalue weighted by Crippen LogP contribution is 2.20. The van der Waals surface area contributed by atoms with Gasteiger partial charge in [-0.1, -0.05) is 31.4 Å². The first-order valence-electron chi connectivity index (χ1n) is 6.98. The second kappa shape index (κ2) is 5.39. The molecule has 0 saturated heterocycles. The van der Waals surface area contributed by atoms with Crippen molar-refractivity contribution in [1.82, 2.24) is 10.3 Å². The number of hydrogen-bond donors (Lipinski definition) is 1. The van der Waals surface area contributed by atoms with Gasteiger partial charge in [0.25, 0.3) is 5.91 Å². The minimum atomic E-state index is 0.0329. The zero-order chi connectivity index (χ0) is 13.1. The Balaban J connectivity index is 1.85. The predicted octanol–water partition coefficient (Wildman–Crippen LogP) is 3.30. The quantitative estimate of drug-likeness (QED) is 0.893. The Kier molecular flexibility index (Phi) is 3.45. The van der Waals surface area contributed by atoms with Crippen LogP contribution in [0.4, 0.5) is 0 Å². The van der Waals surface area contributed by atoms with Crippen LogP contribution in [0.3, 0.4) is 0 Å². The average Bonchev–Trinajstić information content (AvgIpc) is 2.47. The molecule has 3 nitrogen and oxygen atoms in total. The fourth-order valence-corrected chi connectivity index (χ4v) is 2.82. The largest absolute Gasteiger partial charge is 0.349 e. The van der Waals surface area contributed by atoms with Crippen LogP contribution in [-0.4, -0.2) is 16.9 Å². The van der Waals surface area contributed by atoms with Gasteiger partial charge in [0.15, 0.2) is 0 Å². The summed E-state index contributed by atoms with van der Waals surface area (Å²) in [4.78, 5) is 16.5. The lowest BCUT2D eigenvalue weighted by Gasteiger charge is -2.23. The van der Waals surface area contributed by atoms with E-state index >= 15 is 0 Å². The van der Waals surface area contributed by atoms with Crippen LogP contribution in [0.5, 0.6) is 0 Å². The standard InChI is InChI=1S/C16H18N2O/c19-16(18-13-6-2-1-3-7-13)14-8-4-5-12-9-10-17-11-15(12)14/h4-5,8-11,13H,1-3,6-7H2,(H,18,19). The van der Waals surface area contributed by atoms with Crippen molar-refractivity contribution < 1.29 is 4.79 Å². The molecular weight excluding hydrogens is 236 g/mol. The van der Waals surface area contributed by atoms with E-state index in [9.17, 15) is 4.79 Å².